The Balaban J connectivity index is 1.68. The van der Waals surface area contributed by atoms with Gasteiger partial charge in [0.25, 0.3) is 0 Å². The summed E-state index contributed by atoms with van der Waals surface area (Å²) in [4.78, 5) is 3.25. The summed E-state index contributed by atoms with van der Waals surface area (Å²) in [6.45, 7) is 1.93. The Morgan fingerprint density at radius 1 is 1.09 bits per heavy atom. The zero-order valence-corrected chi connectivity index (χ0v) is 13.1. The van der Waals surface area contributed by atoms with Gasteiger partial charge in [0.1, 0.15) is 0 Å². The zero-order chi connectivity index (χ0) is 15.7. The average molecular weight is 306 g/mol. The largest absolute Gasteiger partial charge is 0.388 e. The van der Waals surface area contributed by atoms with Crippen molar-refractivity contribution in [3.63, 3.8) is 0 Å². The third-order valence-corrected chi connectivity index (χ3v) is 5.18. The van der Waals surface area contributed by atoms with Crippen LogP contribution in [0.5, 0.6) is 0 Å². The lowest BCUT2D eigenvalue weighted by Crippen LogP contribution is -2.31. The second-order valence-electron chi connectivity index (χ2n) is 6.62. The monoisotopic (exact) mass is 306 g/mol. The number of H-pyrrole nitrogens is 1. The van der Waals surface area contributed by atoms with E-state index >= 15 is 0 Å². The number of benzene rings is 2. The van der Waals surface area contributed by atoms with E-state index in [1.807, 2.05) is 36.5 Å². The molecule has 3 nitrogen and oxygen atoms in total. The molecule has 0 spiro atoms. The standard InChI is InChI=1S/C20H22N2O/c23-19(15-4-2-1-3-5-15)13-20(9-11-21-14-20)17-6-7-18-16(12-17)8-10-22-18/h1-8,10,12,19,21-23H,9,11,13-14H2/t19-,20?/m1/s1. The number of fused-ring (bicyclic) bond motifs is 1. The molecular weight excluding hydrogens is 284 g/mol. The van der Waals surface area contributed by atoms with Gasteiger partial charge in [-0.15, -0.1) is 0 Å². The fraction of sp³-hybridized carbons (Fsp3) is 0.300. The highest BCUT2D eigenvalue weighted by Crippen LogP contribution is 2.40. The van der Waals surface area contributed by atoms with Crippen molar-refractivity contribution in [3.05, 3.63) is 71.9 Å². The molecule has 4 rings (SSSR count). The minimum atomic E-state index is -0.432. The summed E-state index contributed by atoms with van der Waals surface area (Å²) in [5, 5.41) is 15.5. The minimum Gasteiger partial charge on any atom is -0.388 e. The average Bonchev–Trinajstić information content (AvgIpc) is 3.24. The number of aliphatic hydroxyl groups excluding tert-OH is 1. The van der Waals surface area contributed by atoms with Crippen LogP contribution in [0.2, 0.25) is 0 Å². The van der Waals surface area contributed by atoms with Gasteiger partial charge >= 0.3 is 0 Å². The second-order valence-corrected chi connectivity index (χ2v) is 6.62. The van der Waals surface area contributed by atoms with Gasteiger partial charge in [-0.05, 0) is 54.1 Å². The summed E-state index contributed by atoms with van der Waals surface area (Å²) in [6, 6.07) is 18.7. The summed E-state index contributed by atoms with van der Waals surface area (Å²) >= 11 is 0. The van der Waals surface area contributed by atoms with E-state index in [2.05, 4.69) is 34.6 Å². The summed E-state index contributed by atoms with van der Waals surface area (Å²) in [5.74, 6) is 0. The maximum atomic E-state index is 10.7. The van der Waals surface area contributed by atoms with Crippen molar-refractivity contribution in [2.75, 3.05) is 13.1 Å². The van der Waals surface area contributed by atoms with Crippen molar-refractivity contribution in [1.82, 2.24) is 10.3 Å². The number of hydrogen-bond acceptors (Lipinski definition) is 2. The van der Waals surface area contributed by atoms with Crippen LogP contribution in [0.4, 0.5) is 0 Å². The molecule has 0 radical (unpaired) electrons. The van der Waals surface area contributed by atoms with Crippen LogP contribution in [0.25, 0.3) is 10.9 Å². The van der Waals surface area contributed by atoms with E-state index in [4.69, 9.17) is 0 Å². The Hall–Kier alpha value is -2.10. The van der Waals surface area contributed by atoms with Crippen molar-refractivity contribution < 1.29 is 5.11 Å². The molecule has 1 saturated heterocycles. The number of rotatable bonds is 4. The molecule has 3 aromatic rings. The molecule has 118 valence electrons. The lowest BCUT2D eigenvalue weighted by Gasteiger charge is -2.31. The second kappa shape index (κ2) is 5.84. The highest BCUT2D eigenvalue weighted by Gasteiger charge is 2.37. The summed E-state index contributed by atoms with van der Waals surface area (Å²) in [5.41, 5.74) is 3.49. The first-order chi connectivity index (χ1) is 11.3. The van der Waals surface area contributed by atoms with Crippen LogP contribution in [0.15, 0.2) is 60.8 Å². The van der Waals surface area contributed by atoms with Gasteiger partial charge in [-0.3, -0.25) is 0 Å². The predicted molar refractivity (Wildman–Crippen MR) is 93.5 cm³/mol. The van der Waals surface area contributed by atoms with Crippen LogP contribution in [0, 0.1) is 0 Å². The molecule has 0 bridgehead atoms. The number of nitrogens with one attached hydrogen (secondary N) is 2. The van der Waals surface area contributed by atoms with Crippen molar-refractivity contribution in [1.29, 1.82) is 0 Å². The lowest BCUT2D eigenvalue weighted by atomic mass is 9.74. The van der Waals surface area contributed by atoms with Crippen LogP contribution in [-0.4, -0.2) is 23.2 Å². The van der Waals surface area contributed by atoms with Crippen molar-refractivity contribution in [2.24, 2.45) is 0 Å². The van der Waals surface area contributed by atoms with E-state index in [0.29, 0.717) is 0 Å². The van der Waals surface area contributed by atoms with Gasteiger partial charge in [-0.2, -0.15) is 0 Å². The highest BCUT2D eigenvalue weighted by atomic mass is 16.3. The van der Waals surface area contributed by atoms with E-state index < -0.39 is 6.10 Å². The lowest BCUT2D eigenvalue weighted by molar-refractivity contribution is 0.135. The SMILES string of the molecule is O[C@H](CC1(c2ccc3[nH]ccc3c2)CCNC1)c1ccccc1. The normalized spacial score (nSPS) is 22.5. The van der Waals surface area contributed by atoms with Crippen LogP contribution in [-0.2, 0) is 5.41 Å². The highest BCUT2D eigenvalue weighted by molar-refractivity contribution is 5.80. The molecule has 0 saturated carbocycles. The molecule has 1 aliphatic heterocycles. The van der Waals surface area contributed by atoms with E-state index in [9.17, 15) is 5.11 Å². The molecule has 2 heterocycles. The van der Waals surface area contributed by atoms with Crippen LogP contribution in [0.1, 0.15) is 30.1 Å². The first-order valence-electron chi connectivity index (χ1n) is 8.28. The van der Waals surface area contributed by atoms with Crippen LogP contribution >= 0.6 is 0 Å². The molecule has 1 aromatic heterocycles. The van der Waals surface area contributed by atoms with Gasteiger partial charge in [-0.25, -0.2) is 0 Å². The number of aliphatic hydroxyl groups is 1. The van der Waals surface area contributed by atoms with E-state index in [-0.39, 0.29) is 5.41 Å². The molecular formula is C20H22N2O. The van der Waals surface area contributed by atoms with Gasteiger partial charge in [0.15, 0.2) is 0 Å². The Kier molecular flexibility index (Phi) is 3.68. The molecule has 2 atom stereocenters. The topological polar surface area (TPSA) is 48.0 Å². The smallest absolute Gasteiger partial charge is 0.0799 e. The zero-order valence-electron chi connectivity index (χ0n) is 13.1. The first kappa shape index (κ1) is 14.5. The fourth-order valence-corrected chi connectivity index (χ4v) is 3.83. The molecule has 2 aromatic carbocycles. The summed E-state index contributed by atoms with van der Waals surface area (Å²) < 4.78 is 0. The molecule has 0 aliphatic carbocycles. The Bertz CT molecular complexity index is 788. The third kappa shape index (κ3) is 2.67. The molecule has 0 amide bonds. The minimum absolute atomic E-state index is 0.000712. The summed E-state index contributed by atoms with van der Waals surface area (Å²) in [7, 11) is 0. The van der Waals surface area contributed by atoms with E-state index in [1.54, 1.807) is 0 Å². The molecule has 3 N–H and O–H groups in total. The summed E-state index contributed by atoms with van der Waals surface area (Å²) in [6.07, 6.45) is 3.36. The van der Waals surface area contributed by atoms with Gasteiger partial charge in [0, 0.05) is 23.7 Å². The predicted octanol–water partition coefficient (Wildman–Crippen LogP) is 3.52. The fourth-order valence-electron chi connectivity index (χ4n) is 3.83. The quantitative estimate of drug-likeness (QED) is 0.690. The molecule has 1 aliphatic rings. The van der Waals surface area contributed by atoms with Crippen LogP contribution in [0.3, 0.4) is 0 Å². The maximum absolute atomic E-state index is 10.7. The van der Waals surface area contributed by atoms with Gasteiger partial charge in [0.05, 0.1) is 6.10 Å². The number of aromatic nitrogens is 1. The van der Waals surface area contributed by atoms with Crippen molar-refractivity contribution >= 4 is 10.9 Å². The Morgan fingerprint density at radius 3 is 2.74 bits per heavy atom. The van der Waals surface area contributed by atoms with E-state index in [1.165, 1.54) is 16.5 Å². The number of hydrogen-bond donors (Lipinski definition) is 3. The van der Waals surface area contributed by atoms with Gasteiger partial charge in [-0.1, -0.05) is 36.4 Å². The van der Waals surface area contributed by atoms with Gasteiger partial charge < -0.3 is 15.4 Å². The van der Waals surface area contributed by atoms with Gasteiger partial charge in [0.2, 0.25) is 0 Å². The molecule has 1 unspecified atom stereocenters. The van der Waals surface area contributed by atoms with E-state index in [0.717, 1.165) is 31.5 Å². The maximum Gasteiger partial charge on any atom is 0.0799 e. The number of aromatic amines is 1. The van der Waals surface area contributed by atoms with Crippen LogP contribution < -0.4 is 5.32 Å². The van der Waals surface area contributed by atoms with Crippen molar-refractivity contribution in [3.8, 4) is 0 Å². The Morgan fingerprint density at radius 2 is 1.96 bits per heavy atom. The van der Waals surface area contributed by atoms with Crippen molar-refractivity contribution in [2.45, 2.75) is 24.4 Å². The third-order valence-electron chi connectivity index (χ3n) is 5.18. The molecule has 1 fully saturated rings. The Labute approximate surface area is 136 Å². The molecule has 23 heavy (non-hydrogen) atoms. The first-order valence-corrected chi connectivity index (χ1v) is 8.28. The molecule has 3 heteroatoms.